The van der Waals surface area contributed by atoms with Gasteiger partial charge in [0.25, 0.3) is 5.56 Å². The van der Waals surface area contributed by atoms with Crippen molar-refractivity contribution >= 4 is 33.0 Å². The summed E-state index contributed by atoms with van der Waals surface area (Å²) in [5, 5.41) is 0.848. The van der Waals surface area contributed by atoms with E-state index in [0.717, 1.165) is 11.8 Å². The number of H-pyrrole nitrogens is 1. The Kier molecular flexibility index (Phi) is 4.70. The molecule has 0 fully saturated rings. The highest BCUT2D eigenvalue weighted by atomic mass is 35.5. The number of nitrogens with zero attached hydrogens (tertiary/aromatic N) is 2. The smallest absolute Gasteiger partial charge is 0.256 e. The second-order valence-electron chi connectivity index (χ2n) is 5.81. The molecular weight excluding hydrogens is 373 g/mol. The van der Waals surface area contributed by atoms with Crippen molar-refractivity contribution in [2.45, 2.75) is 24.7 Å². The van der Waals surface area contributed by atoms with Gasteiger partial charge in [0, 0.05) is 42.4 Å². The number of sulfone groups is 1. The molecule has 0 aliphatic carbocycles. The Morgan fingerprint density at radius 3 is 2.54 bits per heavy atom. The van der Waals surface area contributed by atoms with Crippen LogP contribution < -0.4 is 5.56 Å². The van der Waals surface area contributed by atoms with E-state index in [-0.39, 0.29) is 5.16 Å². The van der Waals surface area contributed by atoms with E-state index in [4.69, 9.17) is 23.2 Å². The van der Waals surface area contributed by atoms with Crippen molar-refractivity contribution in [1.82, 2.24) is 14.9 Å². The summed E-state index contributed by atoms with van der Waals surface area (Å²) in [5.41, 5.74) is 1.59. The zero-order valence-electron chi connectivity index (χ0n) is 12.8. The summed E-state index contributed by atoms with van der Waals surface area (Å²) in [6.45, 7) is 1.65. The SMILES string of the molecule is CS(=O)(=O)c1nc2c(c(=O)[nH]1)CN(Cc1cc(Cl)cc(Cl)c1)CC2. The van der Waals surface area contributed by atoms with Crippen molar-refractivity contribution in [3.8, 4) is 0 Å². The number of fused-ring (bicyclic) bond motifs is 1. The van der Waals surface area contributed by atoms with Gasteiger partial charge in [0.05, 0.1) is 11.3 Å². The minimum atomic E-state index is -3.54. The molecule has 2 aromatic rings. The van der Waals surface area contributed by atoms with Crippen LogP contribution in [0.5, 0.6) is 0 Å². The van der Waals surface area contributed by atoms with E-state index in [0.29, 0.717) is 47.4 Å². The van der Waals surface area contributed by atoms with Crippen LogP contribution in [0.4, 0.5) is 0 Å². The molecule has 3 rings (SSSR count). The second-order valence-corrected chi connectivity index (χ2v) is 8.61. The lowest BCUT2D eigenvalue weighted by molar-refractivity contribution is 0.241. The van der Waals surface area contributed by atoms with Gasteiger partial charge in [-0.05, 0) is 23.8 Å². The monoisotopic (exact) mass is 387 g/mol. The maximum absolute atomic E-state index is 12.2. The van der Waals surface area contributed by atoms with Gasteiger partial charge in [-0.25, -0.2) is 13.4 Å². The predicted molar refractivity (Wildman–Crippen MR) is 92.2 cm³/mol. The summed E-state index contributed by atoms with van der Waals surface area (Å²) in [7, 11) is -3.54. The topological polar surface area (TPSA) is 83.1 Å². The maximum Gasteiger partial charge on any atom is 0.256 e. The molecule has 0 amide bonds. The summed E-state index contributed by atoms with van der Waals surface area (Å²) in [4.78, 5) is 20.7. The van der Waals surface area contributed by atoms with Gasteiger partial charge in [-0.3, -0.25) is 14.7 Å². The molecule has 24 heavy (non-hydrogen) atoms. The van der Waals surface area contributed by atoms with Gasteiger partial charge in [-0.2, -0.15) is 0 Å². The van der Waals surface area contributed by atoms with Crippen LogP contribution in [0.3, 0.4) is 0 Å². The fraction of sp³-hybridized carbons (Fsp3) is 0.333. The molecule has 128 valence electrons. The van der Waals surface area contributed by atoms with Crippen LogP contribution in [-0.2, 0) is 29.3 Å². The fourth-order valence-electron chi connectivity index (χ4n) is 2.73. The first kappa shape index (κ1) is 17.4. The summed E-state index contributed by atoms with van der Waals surface area (Å²) < 4.78 is 23.1. The molecule has 1 aromatic carbocycles. The molecule has 0 bridgehead atoms. The minimum absolute atomic E-state index is 0.277. The molecule has 0 saturated carbocycles. The highest BCUT2D eigenvalue weighted by Gasteiger charge is 2.23. The van der Waals surface area contributed by atoms with Crippen LogP contribution >= 0.6 is 23.2 Å². The first-order chi connectivity index (χ1) is 11.2. The summed E-state index contributed by atoms with van der Waals surface area (Å²) in [6.07, 6.45) is 1.53. The van der Waals surface area contributed by atoms with Gasteiger partial charge in [0.15, 0.2) is 0 Å². The lowest BCUT2D eigenvalue weighted by Crippen LogP contribution is -2.36. The van der Waals surface area contributed by atoms with Crippen LogP contribution in [0.1, 0.15) is 16.8 Å². The Bertz CT molecular complexity index is 937. The van der Waals surface area contributed by atoms with E-state index < -0.39 is 15.4 Å². The summed E-state index contributed by atoms with van der Waals surface area (Å²) in [6, 6.07) is 5.33. The van der Waals surface area contributed by atoms with Crippen molar-refractivity contribution < 1.29 is 8.42 Å². The van der Waals surface area contributed by atoms with Crippen molar-refractivity contribution in [3.05, 3.63) is 55.4 Å². The first-order valence-electron chi connectivity index (χ1n) is 7.22. The van der Waals surface area contributed by atoms with Crippen LogP contribution in [-0.4, -0.2) is 36.1 Å². The molecule has 1 N–H and O–H groups in total. The van der Waals surface area contributed by atoms with E-state index >= 15 is 0 Å². The van der Waals surface area contributed by atoms with Crippen molar-refractivity contribution in [1.29, 1.82) is 0 Å². The molecule has 0 unspecified atom stereocenters. The van der Waals surface area contributed by atoms with Gasteiger partial charge < -0.3 is 0 Å². The third-order valence-corrected chi connectivity index (χ3v) is 5.14. The van der Waals surface area contributed by atoms with E-state index in [1.807, 2.05) is 12.1 Å². The molecule has 0 saturated heterocycles. The zero-order valence-corrected chi connectivity index (χ0v) is 15.2. The van der Waals surface area contributed by atoms with Gasteiger partial charge in [0.1, 0.15) is 0 Å². The van der Waals surface area contributed by atoms with E-state index in [9.17, 15) is 13.2 Å². The largest absolute Gasteiger partial charge is 0.297 e. The number of aromatic nitrogens is 2. The molecule has 1 aliphatic rings. The number of hydrogen-bond donors (Lipinski definition) is 1. The predicted octanol–water partition coefficient (Wildman–Crippen LogP) is 2.04. The molecule has 1 aliphatic heterocycles. The van der Waals surface area contributed by atoms with E-state index in [1.165, 1.54) is 0 Å². The van der Waals surface area contributed by atoms with Gasteiger partial charge >= 0.3 is 0 Å². The molecule has 2 heterocycles. The molecule has 0 spiro atoms. The standard InChI is InChI=1S/C15H15Cl2N3O3S/c1-24(22,23)15-18-13-2-3-20(8-12(13)14(21)19-15)7-9-4-10(16)6-11(17)5-9/h4-6H,2-3,7-8H2,1H3,(H,18,19,21). The van der Waals surface area contributed by atoms with Gasteiger partial charge in [-0.1, -0.05) is 23.2 Å². The Morgan fingerprint density at radius 2 is 1.92 bits per heavy atom. The number of benzene rings is 1. The normalized spacial score (nSPS) is 15.3. The minimum Gasteiger partial charge on any atom is -0.297 e. The van der Waals surface area contributed by atoms with Crippen LogP contribution in [0.15, 0.2) is 28.2 Å². The summed E-state index contributed by atoms with van der Waals surface area (Å²) >= 11 is 12.0. The first-order valence-corrected chi connectivity index (χ1v) is 9.86. The van der Waals surface area contributed by atoms with Crippen LogP contribution in [0.25, 0.3) is 0 Å². The molecule has 9 heteroatoms. The van der Waals surface area contributed by atoms with E-state index in [2.05, 4.69) is 14.9 Å². The lowest BCUT2D eigenvalue weighted by Gasteiger charge is -2.27. The molecule has 0 atom stereocenters. The number of hydrogen-bond acceptors (Lipinski definition) is 5. The number of nitrogens with one attached hydrogen (secondary N) is 1. The second kappa shape index (κ2) is 6.48. The average Bonchev–Trinajstić information content (AvgIpc) is 2.45. The molecule has 6 nitrogen and oxygen atoms in total. The lowest BCUT2D eigenvalue weighted by atomic mass is 10.1. The third kappa shape index (κ3) is 3.80. The zero-order chi connectivity index (χ0) is 17.5. The Hall–Kier alpha value is -1.41. The highest BCUT2D eigenvalue weighted by molar-refractivity contribution is 7.90. The van der Waals surface area contributed by atoms with Gasteiger partial charge in [-0.15, -0.1) is 0 Å². The average molecular weight is 388 g/mol. The number of aromatic amines is 1. The Balaban J connectivity index is 1.86. The van der Waals surface area contributed by atoms with Crippen molar-refractivity contribution in [3.63, 3.8) is 0 Å². The van der Waals surface area contributed by atoms with Crippen LogP contribution in [0.2, 0.25) is 10.0 Å². The molecule has 0 radical (unpaired) electrons. The fourth-order valence-corrected chi connectivity index (χ4v) is 3.85. The number of halogens is 2. The summed E-state index contributed by atoms with van der Waals surface area (Å²) in [5.74, 6) is 0. The quantitative estimate of drug-likeness (QED) is 0.814. The van der Waals surface area contributed by atoms with Crippen LogP contribution in [0, 0.1) is 0 Å². The Morgan fingerprint density at radius 1 is 1.25 bits per heavy atom. The van der Waals surface area contributed by atoms with Gasteiger partial charge in [0.2, 0.25) is 15.0 Å². The molecule has 1 aromatic heterocycles. The highest BCUT2D eigenvalue weighted by Crippen LogP contribution is 2.22. The van der Waals surface area contributed by atoms with Crippen molar-refractivity contribution in [2.24, 2.45) is 0 Å². The maximum atomic E-state index is 12.2. The molecular formula is C15H15Cl2N3O3S. The number of rotatable bonds is 3. The third-order valence-electron chi connectivity index (χ3n) is 3.81. The Labute approximate surface area is 149 Å². The van der Waals surface area contributed by atoms with E-state index in [1.54, 1.807) is 6.07 Å². The van der Waals surface area contributed by atoms with Crippen molar-refractivity contribution in [2.75, 3.05) is 12.8 Å².